The maximum Gasteiger partial charge on any atom is 0.138 e. The Kier molecular flexibility index (Phi) is 2.13. The second kappa shape index (κ2) is 3.44. The molecular formula is C11H10NO. The number of fused-ring (bicyclic) bond motifs is 1. The van der Waals surface area contributed by atoms with Crippen molar-refractivity contribution in [2.45, 2.75) is 0 Å². The van der Waals surface area contributed by atoms with Crippen LogP contribution >= 0.6 is 0 Å². The van der Waals surface area contributed by atoms with E-state index in [1.165, 1.54) is 0 Å². The van der Waals surface area contributed by atoms with Gasteiger partial charge in [0.1, 0.15) is 5.75 Å². The highest BCUT2D eigenvalue weighted by Crippen LogP contribution is 2.17. The van der Waals surface area contributed by atoms with Crippen LogP contribution in [-0.2, 0) is 0 Å². The molecule has 0 saturated carbocycles. The van der Waals surface area contributed by atoms with Crippen molar-refractivity contribution in [3.05, 3.63) is 43.5 Å². The summed E-state index contributed by atoms with van der Waals surface area (Å²) >= 11 is 0. The van der Waals surface area contributed by atoms with Gasteiger partial charge in [-0.05, 0) is 19.1 Å². The molecule has 2 rings (SSSR count). The molecule has 2 nitrogen and oxygen atoms in total. The highest BCUT2D eigenvalue weighted by atomic mass is 16.5. The van der Waals surface area contributed by atoms with Crippen molar-refractivity contribution >= 4 is 10.9 Å². The van der Waals surface area contributed by atoms with E-state index in [9.17, 15) is 0 Å². The highest BCUT2D eigenvalue weighted by Gasteiger charge is 1.95. The van der Waals surface area contributed by atoms with Crippen LogP contribution in [0.3, 0.4) is 0 Å². The lowest BCUT2D eigenvalue weighted by molar-refractivity contribution is 0.360. The molecule has 0 bridgehead atoms. The van der Waals surface area contributed by atoms with E-state index >= 15 is 0 Å². The van der Waals surface area contributed by atoms with Gasteiger partial charge < -0.3 is 4.74 Å². The van der Waals surface area contributed by atoms with Gasteiger partial charge in [-0.2, -0.15) is 0 Å². The van der Waals surface area contributed by atoms with Crippen LogP contribution in [0.5, 0.6) is 5.75 Å². The summed E-state index contributed by atoms with van der Waals surface area (Å²) in [4.78, 5) is 4.25. The molecule has 0 atom stereocenters. The van der Waals surface area contributed by atoms with Crippen molar-refractivity contribution in [2.75, 3.05) is 6.61 Å². The smallest absolute Gasteiger partial charge is 0.138 e. The average Bonchev–Trinajstić information content (AvgIpc) is 2.18. The summed E-state index contributed by atoms with van der Waals surface area (Å²) in [6, 6.07) is 9.91. The molecule has 0 aliphatic carbocycles. The van der Waals surface area contributed by atoms with Gasteiger partial charge in [0.15, 0.2) is 0 Å². The lowest BCUT2D eigenvalue weighted by atomic mass is 10.2. The van der Waals surface area contributed by atoms with Gasteiger partial charge in [-0.15, -0.1) is 0 Å². The molecule has 65 valence electrons. The summed E-state index contributed by atoms with van der Waals surface area (Å²) in [5.41, 5.74) is 0.985. The number of nitrogens with zero attached hydrogens (tertiary/aromatic N) is 1. The molecule has 1 radical (unpaired) electrons. The molecular weight excluding hydrogens is 162 g/mol. The van der Waals surface area contributed by atoms with Crippen molar-refractivity contribution in [1.29, 1.82) is 0 Å². The van der Waals surface area contributed by atoms with Crippen molar-refractivity contribution in [3.8, 4) is 5.75 Å². The zero-order valence-corrected chi connectivity index (χ0v) is 7.23. The molecule has 0 spiro atoms. The van der Waals surface area contributed by atoms with Gasteiger partial charge >= 0.3 is 0 Å². The minimum Gasteiger partial charge on any atom is -0.492 e. The SMILES string of the molecule is [CH2]COc1cnc2ccccc2c1. The Bertz CT molecular complexity index is 412. The zero-order chi connectivity index (χ0) is 9.10. The number of hydrogen-bond donors (Lipinski definition) is 0. The Labute approximate surface area is 77.2 Å². The molecule has 1 heterocycles. The molecule has 1 aromatic heterocycles. The Morgan fingerprint density at radius 3 is 3.00 bits per heavy atom. The van der Waals surface area contributed by atoms with Gasteiger partial charge in [0, 0.05) is 5.39 Å². The summed E-state index contributed by atoms with van der Waals surface area (Å²) < 4.78 is 5.24. The van der Waals surface area contributed by atoms with Crippen molar-refractivity contribution < 1.29 is 4.74 Å². The fourth-order valence-electron chi connectivity index (χ4n) is 1.25. The minimum absolute atomic E-state index is 0.431. The third kappa shape index (κ3) is 1.61. The lowest BCUT2D eigenvalue weighted by Crippen LogP contribution is -1.92. The molecule has 13 heavy (non-hydrogen) atoms. The summed E-state index contributed by atoms with van der Waals surface area (Å²) in [6.07, 6.45) is 1.72. The monoisotopic (exact) mass is 172 g/mol. The van der Waals surface area contributed by atoms with E-state index in [4.69, 9.17) is 4.74 Å². The number of hydrogen-bond acceptors (Lipinski definition) is 2. The molecule has 0 unspecified atom stereocenters. The van der Waals surface area contributed by atoms with Gasteiger partial charge in [-0.25, -0.2) is 0 Å². The maximum atomic E-state index is 5.24. The Morgan fingerprint density at radius 2 is 2.15 bits per heavy atom. The van der Waals surface area contributed by atoms with E-state index in [1.54, 1.807) is 6.20 Å². The molecule has 1 aromatic carbocycles. The van der Waals surface area contributed by atoms with Crippen LogP contribution in [0.1, 0.15) is 0 Å². The van der Waals surface area contributed by atoms with E-state index in [-0.39, 0.29) is 0 Å². The summed E-state index contributed by atoms with van der Waals surface area (Å²) in [5.74, 6) is 0.772. The normalized spacial score (nSPS) is 10.2. The number of benzene rings is 1. The van der Waals surface area contributed by atoms with Crippen LogP contribution in [0, 0.1) is 6.92 Å². The fraction of sp³-hybridized carbons (Fsp3) is 0.0909. The third-order valence-electron chi connectivity index (χ3n) is 1.83. The summed E-state index contributed by atoms with van der Waals surface area (Å²) in [5, 5.41) is 1.09. The van der Waals surface area contributed by atoms with Gasteiger partial charge in [0.2, 0.25) is 0 Å². The number of para-hydroxylation sites is 1. The topological polar surface area (TPSA) is 22.1 Å². The minimum atomic E-state index is 0.431. The first-order valence-electron chi connectivity index (χ1n) is 4.17. The maximum absolute atomic E-state index is 5.24. The summed E-state index contributed by atoms with van der Waals surface area (Å²) in [6.45, 7) is 4.04. The average molecular weight is 172 g/mol. The Balaban J connectivity index is 2.49. The van der Waals surface area contributed by atoms with Crippen molar-refractivity contribution in [3.63, 3.8) is 0 Å². The predicted molar refractivity (Wildman–Crippen MR) is 52.6 cm³/mol. The van der Waals surface area contributed by atoms with Crippen molar-refractivity contribution in [1.82, 2.24) is 4.98 Å². The van der Waals surface area contributed by atoms with Gasteiger partial charge in [-0.1, -0.05) is 18.2 Å². The predicted octanol–water partition coefficient (Wildman–Crippen LogP) is 2.45. The second-order valence-corrected chi connectivity index (χ2v) is 2.71. The highest BCUT2D eigenvalue weighted by molar-refractivity contribution is 5.79. The Morgan fingerprint density at radius 1 is 1.31 bits per heavy atom. The van der Waals surface area contributed by atoms with Crippen LogP contribution < -0.4 is 4.74 Å². The van der Waals surface area contributed by atoms with E-state index in [2.05, 4.69) is 11.9 Å². The van der Waals surface area contributed by atoms with Crippen LogP contribution in [0.4, 0.5) is 0 Å². The molecule has 0 aliphatic heterocycles. The number of aromatic nitrogens is 1. The molecule has 0 fully saturated rings. The molecule has 2 heteroatoms. The summed E-state index contributed by atoms with van der Waals surface area (Å²) in [7, 11) is 0. The largest absolute Gasteiger partial charge is 0.492 e. The quantitative estimate of drug-likeness (QED) is 0.694. The fourth-order valence-corrected chi connectivity index (χ4v) is 1.25. The zero-order valence-electron chi connectivity index (χ0n) is 7.23. The van der Waals surface area contributed by atoms with Gasteiger partial charge in [0.05, 0.1) is 18.3 Å². The molecule has 0 aliphatic rings. The first-order chi connectivity index (χ1) is 6.40. The van der Waals surface area contributed by atoms with Gasteiger partial charge in [-0.3, -0.25) is 4.98 Å². The van der Waals surface area contributed by atoms with E-state index in [1.807, 2.05) is 30.3 Å². The number of pyridine rings is 1. The first kappa shape index (κ1) is 8.05. The Hall–Kier alpha value is -1.57. The third-order valence-corrected chi connectivity index (χ3v) is 1.83. The van der Waals surface area contributed by atoms with E-state index in [0.29, 0.717) is 6.61 Å². The first-order valence-corrected chi connectivity index (χ1v) is 4.17. The lowest BCUT2D eigenvalue weighted by Gasteiger charge is -2.02. The molecule has 2 aromatic rings. The van der Waals surface area contributed by atoms with Crippen LogP contribution in [0.25, 0.3) is 10.9 Å². The number of ether oxygens (including phenoxy) is 1. The van der Waals surface area contributed by atoms with E-state index in [0.717, 1.165) is 16.7 Å². The standard InChI is InChI=1S/C11H10NO/c1-2-13-10-7-9-5-3-4-6-11(9)12-8-10/h3-8H,1-2H2. The second-order valence-electron chi connectivity index (χ2n) is 2.71. The number of rotatable bonds is 2. The van der Waals surface area contributed by atoms with Crippen LogP contribution in [-0.4, -0.2) is 11.6 Å². The van der Waals surface area contributed by atoms with E-state index < -0.39 is 0 Å². The van der Waals surface area contributed by atoms with Crippen molar-refractivity contribution in [2.24, 2.45) is 0 Å². The molecule has 0 saturated heterocycles. The van der Waals surface area contributed by atoms with Crippen LogP contribution in [0.15, 0.2) is 36.5 Å². The van der Waals surface area contributed by atoms with Gasteiger partial charge in [0.25, 0.3) is 0 Å². The van der Waals surface area contributed by atoms with Crippen LogP contribution in [0.2, 0.25) is 0 Å². The molecule has 0 amide bonds. The molecule has 0 N–H and O–H groups in total.